The fourth-order valence-electron chi connectivity index (χ4n) is 1.78. The molecule has 0 aliphatic carbocycles. The molecular weight excluding hydrogens is 251 g/mol. The summed E-state index contributed by atoms with van der Waals surface area (Å²) in [5.41, 5.74) is 5.77. The van der Waals surface area contributed by atoms with E-state index in [2.05, 4.69) is 0 Å². The van der Waals surface area contributed by atoms with Gasteiger partial charge >= 0.3 is 0 Å². The molecule has 0 radical (unpaired) electrons. The number of para-hydroxylation sites is 1. The van der Waals surface area contributed by atoms with Gasteiger partial charge in [0.05, 0.1) is 11.3 Å². The maximum Gasteiger partial charge on any atom is 0.256 e. The van der Waals surface area contributed by atoms with Crippen LogP contribution in [0.5, 0.6) is 0 Å². The van der Waals surface area contributed by atoms with Gasteiger partial charge in [-0.15, -0.1) is 0 Å². The van der Waals surface area contributed by atoms with Crippen molar-refractivity contribution in [3.63, 3.8) is 0 Å². The van der Waals surface area contributed by atoms with Gasteiger partial charge in [0, 0.05) is 18.8 Å². The van der Waals surface area contributed by atoms with Crippen molar-refractivity contribution in [1.29, 1.82) is 0 Å². The molecular formula is C13H19FN2OS. The number of nitrogens with two attached hydrogens (primary N) is 1. The minimum absolute atomic E-state index is 0.0756. The van der Waals surface area contributed by atoms with E-state index in [9.17, 15) is 9.18 Å². The monoisotopic (exact) mass is 270 g/mol. The zero-order valence-electron chi connectivity index (χ0n) is 10.9. The van der Waals surface area contributed by atoms with Crippen LogP contribution in [-0.4, -0.2) is 35.9 Å². The van der Waals surface area contributed by atoms with Crippen LogP contribution in [0, 0.1) is 5.82 Å². The Morgan fingerprint density at radius 2 is 2.22 bits per heavy atom. The molecule has 100 valence electrons. The van der Waals surface area contributed by atoms with Crippen LogP contribution in [-0.2, 0) is 0 Å². The van der Waals surface area contributed by atoms with Crippen LogP contribution in [0.4, 0.5) is 10.1 Å². The molecule has 0 heterocycles. The van der Waals surface area contributed by atoms with Crippen molar-refractivity contribution >= 4 is 23.4 Å². The predicted octanol–water partition coefficient (Wildman–Crippen LogP) is 2.62. The molecule has 0 aromatic heterocycles. The minimum atomic E-state index is -0.549. The molecule has 18 heavy (non-hydrogen) atoms. The van der Waals surface area contributed by atoms with E-state index in [0.717, 1.165) is 12.2 Å². The third kappa shape index (κ3) is 3.16. The molecule has 2 N–H and O–H groups in total. The van der Waals surface area contributed by atoms with Gasteiger partial charge in [0.2, 0.25) is 0 Å². The first-order valence-corrected chi connectivity index (χ1v) is 7.22. The van der Waals surface area contributed by atoms with Crippen molar-refractivity contribution in [3.8, 4) is 0 Å². The number of halogens is 1. The molecule has 5 heteroatoms. The Morgan fingerprint density at radius 3 is 2.78 bits per heavy atom. The molecule has 0 aliphatic heterocycles. The van der Waals surface area contributed by atoms with E-state index in [1.54, 1.807) is 29.8 Å². The average molecular weight is 270 g/mol. The lowest BCUT2D eigenvalue weighted by molar-refractivity contribution is 0.0744. The second kappa shape index (κ2) is 6.64. The van der Waals surface area contributed by atoms with Crippen molar-refractivity contribution in [3.05, 3.63) is 29.6 Å². The Kier molecular flexibility index (Phi) is 5.47. The quantitative estimate of drug-likeness (QED) is 0.837. The number of rotatable bonds is 5. The largest absolute Gasteiger partial charge is 0.396 e. The Balaban J connectivity index is 2.95. The van der Waals surface area contributed by atoms with Crippen molar-refractivity contribution in [2.75, 3.05) is 24.8 Å². The zero-order chi connectivity index (χ0) is 13.7. The maximum absolute atomic E-state index is 13.3. The van der Waals surface area contributed by atoms with E-state index in [0.29, 0.717) is 0 Å². The number of hydrogen-bond donors (Lipinski definition) is 1. The van der Waals surface area contributed by atoms with Gasteiger partial charge in [0.1, 0.15) is 5.82 Å². The van der Waals surface area contributed by atoms with Crippen molar-refractivity contribution in [2.45, 2.75) is 19.4 Å². The van der Waals surface area contributed by atoms with Crippen LogP contribution >= 0.6 is 11.8 Å². The first-order chi connectivity index (χ1) is 8.52. The lowest BCUT2D eigenvalue weighted by Crippen LogP contribution is -2.38. The fourth-order valence-corrected chi connectivity index (χ4v) is 2.62. The number of carbonyl (C=O) groups is 1. The molecule has 0 saturated heterocycles. The highest BCUT2D eigenvalue weighted by molar-refractivity contribution is 7.98. The first-order valence-electron chi connectivity index (χ1n) is 5.83. The number of carbonyl (C=O) groups excluding carboxylic acids is 1. The maximum atomic E-state index is 13.3. The van der Waals surface area contributed by atoms with E-state index in [1.165, 1.54) is 12.1 Å². The van der Waals surface area contributed by atoms with Gasteiger partial charge in [-0.3, -0.25) is 4.79 Å². The van der Waals surface area contributed by atoms with Crippen molar-refractivity contribution in [2.24, 2.45) is 0 Å². The number of nitrogen functional groups attached to an aromatic ring is 1. The Hall–Kier alpha value is -1.23. The average Bonchev–Trinajstić information content (AvgIpc) is 2.37. The predicted molar refractivity (Wildman–Crippen MR) is 75.4 cm³/mol. The van der Waals surface area contributed by atoms with Gasteiger partial charge in [-0.2, -0.15) is 11.8 Å². The summed E-state index contributed by atoms with van der Waals surface area (Å²) >= 11 is 1.68. The second-order valence-corrected chi connectivity index (χ2v) is 5.05. The van der Waals surface area contributed by atoms with Crippen molar-refractivity contribution in [1.82, 2.24) is 4.90 Å². The van der Waals surface area contributed by atoms with Gasteiger partial charge < -0.3 is 10.6 Å². The molecule has 1 rings (SSSR count). The molecule has 0 bridgehead atoms. The SMILES string of the molecule is CCC(CSC)N(C)C(=O)c1cccc(F)c1N. The summed E-state index contributed by atoms with van der Waals surface area (Å²) in [6.07, 6.45) is 2.86. The lowest BCUT2D eigenvalue weighted by Gasteiger charge is -2.27. The molecule has 0 fully saturated rings. The van der Waals surface area contributed by atoms with Crippen LogP contribution in [0.1, 0.15) is 23.7 Å². The van der Waals surface area contributed by atoms with Crippen molar-refractivity contribution < 1.29 is 9.18 Å². The van der Waals surface area contributed by atoms with Crippen LogP contribution < -0.4 is 5.73 Å². The van der Waals surface area contributed by atoms with Gasteiger partial charge in [0.15, 0.2) is 0 Å². The summed E-state index contributed by atoms with van der Waals surface area (Å²) in [4.78, 5) is 13.9. The molecule has 1 aromatic rings. The Bertz CT molecular complexity index is 425. The minimum Gasteiger partial charge on any atom is -0.396 e. The van der Waals surface area contributed by atoms with Crippen LogP contribution in [0.3, 0.4) is 0 Å². The smallest absolute Gasteiger partial charge is 0.256 e. The van der Waals surface area contributed by atoms with E-state index in [-0.39, 0.29) is 23.2 Å². The Morgan fingerprint density at radius 1 is 1.56 bits per heavy atom. The van der Waals surface area contributed by atoms with Gasteiger partial charge in [0.25, 0.3) is 5.91 Å². The highest BCUT2D eigenvalue weighted by Crippen LogP contribution is 2.19. The van der Waals surface area contributed by atoms with Gasteiger partial charge in [-0.05, 0) is 24.8 Å². The normalized spacial score (nSPS) is 12.2. The van der Waals surface area contributed by atoms with E-state index in [1.807, 2.05) is 13.2 Å². The van der Waals surface area contributed by atoms with Gasteiger partial charge in [-0.1, -0.05) is 13.0 Å². The third-order valence-corrected chi connectivity index (χ3v) is 3.70. The number of amides is 1. The van der Waals surface area contributed by atoms with Gasteiger partial charge in [-0.25, -0.2) is 4.39 Å². The van der Waals surface area contributed by atoms with Crippen LogP contribution in [0.2, 0.25) is 0 Å². The topological polar surface area (TPSA) is 46.3 Å². The third-order valence-electron chi connectivity index (χ3n) is 2.98. The first kappa shape index (κ1) is 14.8. The number of hydrogen-bond acceptors (Lipinski definition) is 3. The lowest BCUT2D eigenvalue weighted by atomic mass is 10.1. The Labute approximate surface area is 112 Å². The summed E-state index contributed by atoms with van der Waals surface area (Å²) in [6, 6.07) is 4.45. The highest BCUT2D eigenvalue weighted by Gasteiger charge is 2.21. The van der Waals surface area contributed by atoms with E-state index in [4.69, 9.17) is 5.73 Å². The summed E-state index contributed by atoms with van der Waals surface area (Å²) in [7, 11) is 1.73. The molecule has 1 aromatic carbocycles. The molecule has 0 saturated carbocycles. The van der Waals surface area contributed by atoms with Crippen LogP contribution in [0.25, 0.3) is 0 Å². The molecule has 3 nitrogen and oxygen atoms in total. The summed E-state index contributed by atoms with van der Waals surface area (Å²) in [5.74, 6) is 0.0774. The number of nitrogens with zero attached hydrogens (tertiary/aromatic N) is 1. The van der Waals surface area contributed by atoms with E-state index < -0.39 is 5.82 Å². The standard InChI is InChI=1S/C13H19FN2OS/c1-4-9(8-18-3)16(2)13(17)10-6-5-7-11(14)12(10)15/h5-7,9H,4,8,15H2,1-3H3. The summed E-state index contributed by atoms with van der Waals surface area (Å²) in [5, 5.41) is 0. The number of benzene rings is 1. The van der Waals surface area contributed by atoms with E-state index >= 15 is 0 Å². The number of thioether (sulfide) groups is 1. The molecule has 1 amide bonds. The zero-order valence-corrected chi connectivity index (χ0v) is 11.8. The summed E-state index contributed by atoms with van der Waals surface area (Å²) < 4.78 is 13.3. The fraction of sp³-hybridized carbons (Fsp3) is 0.462. The highest BCUT2D eigenvalue weighted by atomic mass is 32.2. The van der Waals surface area contributed by atoms with Crippen LogP contribution in [0.15, 0.2) is 18.2 Å². The number of anilines is 1. The second-order valence-electron chi connectivity index (χ2n) is 4.13. The summed E-state index contributed by atoms with van der Waals surface area (Å²) in [6.45, 7) is 2.03. The molecule has 0 aliphatic rings. The molecule has 1 unspecified atom stereocenters. The molecule has 1 atom stereocenters. The molecule has 0 spiro atoms.